The van der Waals surface area contributed by atoms with Crippen LogP contribution in [0.4, 0.5) is 0 Å². The van der Waals surface area contributed by atoms with Gasteiger partial charge in [-0.25, -0.2) is 9.67 Å². The van der Waals surface area contributed by atoms with Gasteiger partial charge in [-0.05, 0) is 42.3 Å². The lowest BCUT2D eigenvalue weighted by molar-refractivity contribution is 0.640. The van der Waals surface area contributed by atoms with Crippen molar-refractivity contribution < 1.29 is 0 Å². The Morgan fingerprint density at radius 1 is 1.47 bits per heavy atom. The molecule has 2 rings (SSSR count). The first kappa shape index (κ1) is 14.4. The molecule has 0 aliphatic rings. The Morgan fingerprint density at radius 3 is 2.89 bits per heavy atom. The van der Waals surface area contributed by atoms with Crippen LogP contribution < -0.4 is 5.73 Å². The zero-order valence-electron chi connectivity index (χ0n) is 11.0. The maximum Gasteiger partial charge on any atom is 0.190 e. The minimum absolute atomic E-state index is 0.167. The number of hydrogen-bond donors (Lipinski definition) is 1. The fourth-order valence-electron chi connectivity index (χ4n) is 1.70. The van der Waals surface area contributed by atoms with Gasteiger partial charge in [0.25, 0.3) is 0 Å². The molecule has 0 radical (unpaired) electrons. The fraction of sp³-hybridized carbons (Fsp3) is 0.385. The van der Waals surface area contributed by atoms with Crippen molar-refractivity contribution >= 4 is 23.4 Å². The van der Waals surface area contributed by atoms with Crippen LogP contribution >= 0.6 is 23.4 Å². The quantitative estimate of drug-likeness (QED) is 0.922. The zero-order valence-corrected chi connectivity index (χ0v) is 12.6. The first-order valence-corrected chi connectivity index (χ1v) is 7.35. The van der Waals surface area contributed by atoms with Gasteiger partial charge in [0.2, 0.25) is 0 Å². The summed E-state index contributed by atoms with van der Waals surface area (Å²) in [4.78, 5) is 5.31. The molecule has 4 nitrogen and oxygen atoms in total. The lowest BCUT2D eigenvalue weighted by Crippen LogP contribution is -2.21. The van der Waals surface area contributed by atoms with E-state index < -0.39 is 0 Å². The maximum absolute atomic E-state index is 6.08. The van der Waals surface area contributed by atoms with Crippen molar-refractivity contribution in [1.29, 1.82) is 0 Å². The maximum atomic E-state index is 6.08. The van der Waals surface area contributed by atoms with Crippen LogP contribution in [0, 0.1) is 0 Å². The van der Waals surface area contributed by atoms with E-state index >= 15 is 0 Å². The van der Waals surface area contributed by atoms with Gasteiger partial charge >= 0.3 is 0 Å². The van der Waals surface area contributed by atoms with Gasteiger partial charge in [0, 0.05) is 23.0 Å². The third-order valence-corrected chi connectivity index (χ3v) is 4.29. The summed E-state index contributed by atoms with van der Waals surface area (Å²) in [6, 6.07) is 6.06. The second-order valence-corrected chi connectivity index (χ2v) is 5.84. The Labute approximate surface area is 122 Å². The van der Waals surface area contributed by atoms with Gasteiger partial charge in [-0.2, -0.15) is 5.10 Å². The van der Waals surface area contributed by atoms with Gasteiger partial charge in [0.15, 0.2) is 5.16 Å². The van der Waals surface area contributed by atoms with E-state index in [0.29, 0.717) is 0 Å². The average Bonchev–Trinajstić information content (AvgIpc) is 2.78. The monoisotopic (exact) mass is 296 g/mol. The standard InChI is InChI=1S/C13H17ClN4S/c1-3-11(15)6-9-4-5-10(14)7-12(9)19-13-16-8-17-18(13)2/h4-5,7-8,11H,3,6,15H2,1-2H3. The van der Waals surface area contributed by atoms with Crippen LogP contribution in [0.15, 0.2) is 34.6 Å². The van der Waals surface area contributed by atoms with Crippen LogP contribution in [0.2, 0.25) is 5.02 Å². The lowest BCUT2D eigenvalue weighted by Gasteiger charge is -2.13. The largest absolute Gasteiger partial charge is 0.327 e. The third kappa shape index (κ3) is 3.72. The van der Waals surface area contributed by atoms with Crippen molar-refractivity contribution in [2.45, 2.75) is 35.9 Å². The predicted octanol–water partition coefficient (Wildman–Crippen LogP) is 2.90. The summed E-state index contributed by atoms with van der Waals surface area (Å²) < 4.78 is 1.75. The van der Waals surface area contributed by atoms with Crippen LogP contribution in [0.1, 0.15) is 18.9 Å². The molecule has 1 aromatic carbocycles. The smallest absolute Gasteiger partial charge is 0.190 e. The van der Waals surface area contributed by atoms with Gasteiger partial charge in [-0.1, -0.05) is 24.6 Å². The molecule has 0 fully saturated rings. The number of benzene rings is 1. The molecular weight excluding hydrogens is 280 g/mol. The van der Waals surface area contributed by atoms with Crippen LogP contribution in [-0.2, 0) is 13.5 Å². The fourth-order valence-corrected chi connectivity index (χ4v) is 2.88. The number of nitrogens with two attached hydrogens (primary N) is 1. The Kier molecular flexibility index (Phi) is 4.85. The van der Waals surface area contributed by atoms with Gasteiger partial charge in [-0.3, -0.25) is 0 Å². The number of rotatable bonds is 5. The molecule has 1 heterocycles. The van der Waals surface area contributed by atoms with Crippen molar-refractivity contribution in [2.24, 2.45) is 12.8 Å². The highest BCUT2D eigenvalue weighted by Gasteiger charge is 2.11. The number of aromatic nitrogens is 3. The van der Waals surface area contributed by atoms with Crippen LogP contribution in [-0.4, -0.2) is 20.8 Å². The molecule has 1 atom stereocenters. The molecule has 102 valence electrons. The Hall–Kier alpha value is -1.04. The van der Waals surface area contributed by atoms with Crippen LogP contribution in [0.3, 0.4) is 0 Å². The molecule has 2 aromatic rings. The second-order valence-electron chi connectivity index (χ2n) is 4.39. The van der Waals surface area contributed by atoms with Crippen molar-refractivity contribution in [3.63, 3.8) is 0 Å². The molecule has 1 aromatic heterocycles. The Bertz CT molecular complexity index is 555. The molecule has 0 amide bonds. The molecule has 6 heteroatoms. The predicted molar refractivity (Wildman–Crippen MR) is 78.5 cm³/mol. The van der Waals surface area contributed by atoms with E-state index in [1.54, 1.807) is 22.8 Å². The average molecular weight is 297 g/mol. The zero-order chi connectivity index (χ0) is 13.8. The molecule has 0 spiro atoms. The number of aryl methyl sites for hydroxylation is 1. The van der Waals surface area contributed by atoms with Gasteiger partial charge < -0.3 is 5.73 Å². The highest BCUT2D eigenvalue weighted by molar-refractivity contribution is 7.99. The number of halogens is 1. The van der Waals surface area contributed by atoms with Crippen molar-refractivity contribution in [2.75, 3.05) is 0 Å². The van der Waals surface area contributed by atoms with Crippen LogP contribution in [0.5, 0.6) is 0 Å². The van der Waals surface area contributed by atoms with E-state index in [0.717, 1.165) is 27.9 Å². The van der Waals surface area contributed by atoms with Crippen molar-refractivity contribution in [3.05, 3.63) is 35.1 Å². The van der Waals surface area contributed by atoms with E-state index in [2.05, 4.69) is 17.0 Å². The minimum Gasteiger partial charge on any atom is -0.327 e. The number of hydrogen-bond acceptors (Lipinski definition) is 4. The second kappa shape index (κ2) is 6.41. The molecule has 1 unspecified atom stereocenters. The molecule has 19 heavy (non-hydrogen) atoms. The third-order valence-electron chi connectivity index (χ3n) is 2.91. The Balaban J connectivity index is 2.27. The molecule has 0 saturated carbocycles. The summed E-state index contributed by atoms with van der Waals surface area (Å²) >= 11 is 7.64. The topological polar surface area (TPSA) is 56.7 Å². The highest BCUT2D eigenvalue weighted by Crippen LogP contribution is 2.31. The molecule has 2 N–H and O–H groups in total. The normalized spacial score (nSPS) is 12.6. The van der Waals surface area contributed by atoms with Crippen molar-refractivity contribution in [3.8, 4) is 0 Å². The minimum atomic E-state index is 0.167. The molecular formula is C13H17ClN4S. The van der Waals surface area contributed by atoms with Crippen molar-refractivity contribution in [1.82, 2.24) is 14.8 Å². The summed E-state index contributed by atoms with van der Waals surface area (Å²) in [5, 5.41) is 5.63. The van der Waals surface area contributed by atoms with E-state index in [9.17, 15) is 0 Å². The van der Waals surface area contributed by atoms with E-state index in [4.69, 9.17) is 17.3 Å². The summed E-state index contributed by atoms with van der Waals surface area (Å²) in [5.74, 6) is 0. The molecule has 0 bridgehead atoms. The van der Waals surface area contributed by atoms with E-state index in [-0.39, 0.29) is 6.04 Å². The van der Waals surface area contributed by atoms with Gasteiger partial charge in [-0.15, -0.1) is 0 Å². The SMILES string of the molecule is CCC(N)Cc1ccc(Cl)cc1Sc1ncnn1C. The highest BCUT2D eigenvalue weighted by atomic mass is 35.5. The van der Waals surface area contributed by atoms with Gasteiger partial charge in [0.1, 0.15) is 6.33 Å². The lowest BCUT2D eigenvalue weighted by atomic mass is 10.1. The summed E-state index contributed by atoms with van der Waals surface area (Å²) in [6.45, 7) is 2.09. The summed E-state index contributed by atoms with van der Waals surface area (Å²) in [6.07, 6.45) is 3.34. The molecule has 0 aliphatic carbocycles. The first-order valence-electron chi connectivity index (χ1n) is 6.16. The molecule has 0 saturated heterocycles. The van der Waals surface area contributed by atoms with E-state index in [1.165, 1.54) is 5.56 Å². The summed E-state index contributed by atoms with van der Waals surface area (Å²) in [7, 11) is 1.87. The number of nitrogens with zero attached hydrogens (tertiary/aromatic N) is 3. The Morgan fingerprint density at radius 2 is 2.26 bits per heavy atom. The van der Waals surface area contributed by atoms with E-state index in [1.807, 2.05) is 25.2 Å². The first-order chi connectivity index (χ1) is 9.10. The summed E-state index contributed by atoms with van der Waals surface area (Å²) in [5.41, 5.74) is 7.24. The molecule has 0 aliphatic heterocycles. The van der Waals surface area contributed by atoms with Crippen LogP contribution in [0.25, 0.3) is 0 Å². The van der Waals surface area contributed by atoms with Gasteiger partial charge in [0.05, 0.1) is 0 Å².